The fourth-order valence-corrected chi connectivity index (χ4v) is 16.4. The predicted octanol–water partition coefficient (Wildman–Crippen LogP) is 13.6. The summed E-state index contributed by atoms with van der Waals surface area (Å²) in [7, 11) is 10.1. The summed E-state index contributed by atoms with van der Waals surface area (Å²) in [6.45, 7) is 19.7. The molecule has 4 aliphatic heterocycles. The number of allylic oxidation sites excluding steroid dienone is 1. The third kappa shape index (κ3) is 17.1. The number of aromatic hydroxyl groups is 2. The number of carbonyl (C=O) groups is 6. The Labute approximate surface area is 609 Å². The molecule has 0 radical (unpaired) electrons. The van der Waals surface area contributed by atoms with Crippen molar-refractivity contribution in [2.24, 2.45) is 23.2 Å². The summed E-state index contributed by atoms with van der Waals surface area (Å²) in [5.74, 6) is 0.229. The number of aliphatic hydroxyl groups is 1. The SMILES string of the molecule is C=CCC1(C(C)CC)C(=O)NC(=O)NC1=O.CC(CN1c2ccccc2Sc2ccccc21)N(C)C.CC[C@@H](c1cccc(O)c1)[C@@H](C)CN(C)C.COc1ccc2cc([C@H](C)C(=O)O)ccc2c1.O=C(O)c1cccnc1.O=C1CC[C@@]2(O)[C@H]3Cc4ccc(O)c5c4[C@@]2(CCN3CC2CC2)[C@H]1O5. The number of fused-ring (bicyclic) bond motifs is 3. The number of hydrogen-bond acceptors (Lipinski definition) is 17. The van der Waals surface area contributed by atoms with Crippen molar-refractivity contribution in [3.05, 3.63) is 186 Å². The van der Waals surface area contributed by atoms with Gasteiger partial charge in [0.05, 0.1) is 41.0 Å². The van der Waals surface area contributed by atoms with Crippen molar-refractivity contribution in [3.63, 3.8) is 0 Å². The van der Waals surface area contributed by atoms with Crippen molar-refractivity contribution in [3.8, 4) is 23.0 Å². The average Bonchev–Trinajstić information content (AvgIpc) is 1.54. The zero-order valence-corrected chi connectivity index (χ0v) is 61.9. The third-order valence-electron chi connectivity index (χ3n) is 21.5. The van der Waals surface area contributed by atoms with E-state index in [2.05, 4.69) is 145 Å². The lowest BCUT2D eigenvalue weighted by Gasteiger charge is -2.62. The number of methoxy groups -OCH3 is 1. The Hall–Kier alpha value is -9.12. The number of anilines is 2. The normalized spacial score (nSPS) is 21.4. The molecule has 2 bridgehead atoms. The highest BCUT2D eigenvalue weighted by atomic mass is 32.2. The maximum Gasteiger partial charge on any atom is 0.337 e. The van der Waals surface area contributed by atoms with Crippen LogP contribution in [-0.4, -0.2) is 166 Å². The van der Waals surface area contributed by atoms with E-state index in [-0.39, 0.29) is 35.5 Å². The molecule has 5 heterocycles. The number of ether oxygens (including phenoxy) is 2. The molecule has 2 saturated heterocycles. The minimum Gasteiger partial charge on any atom is -0.508 e. The Balaban J connectivity index is 0.000000147. The van der Waals surface area contributed by atoms with E-state index in [0.717, 1.165) is 84.6 Å². The molecule has 1 aromatic heterocycles. The summed E-state index contributed by atoms with van der Waals surface area (Å²) < 4.78 is 11.2. The molecule has 21 heteroatoms. The number of phenolic OH excluding ortho intramolecular Hbond substituents is 2. The number of hydrogen-bond donors (Lipinski definition) is 7. The number of imide groups is 2. The van der Waals surface area contributed by atoms with Gasteiger partial charge in [-0.05, 0) is 211 Å². The molecular weight excluding hydrogens is 1320 g/mol. The fourth-order valence-electron chi connectivity index (χ4n) is 15.3. The van der Waals surface area contributed by atoms with E-state index in [9.17, 15) is 44.1 Å². The van der Waals surface area contributed by atoms with E-state index in [4.69, 9.17) is 19.7 Å². The van der Waals surface area contributed by atoms with Crippen LogP contribution in [0.3, 0.4) is 0 Å². The molecule has 7 aromatic rings. The van der Waals surface area contributed by atoms with Gasteiger partial charge in [0, 0.05) is 65.9 Å². The number of likely N-dealkylation sites (N-methyl/N-ethyl adjacent to an activating group) is 1. The van der Waals surface area contributed by atoms with Gasteiger partial charge < -0.3 is 49.7 Å². The number of pyridine rings is 1. The van der Waals surface area contributed by atoms with Crippen molar-refractivity contribution in [1.82, 2.24) is 30.3 Å². The summed E-state index contributed by atoms with van der Waals surface area (Å²) in [5, 5.41) is 55.5. The smallest absolute Gasteiger partial charge is 0.337 e. The first-order valence-electron chi connectivity index (χ1n) is 35.6. The number of rotatable bonds is 18. The van der Waals surface area contributed by atoms with Gasteiger partial charge in [0.15, 0.2) is 23.4 Å². The third-order valence-corrected chi connectivity index (χ3v) is 22.7. The van der Waals surface area contributed by atoms with Crippen LogP contribution >= 0.6 is 11.8 Å². The highest BCUT2D eigenvalue weighted by molar-refractivity contribution is 7.99. The molecule has 4 amide bonds. The minimum absolute atomic E-state index is 0.0454. The number of carboxylic acid groups (broad SMARTS) is 2. The van der Waals surface area contributed by atoms with Gasteiger partial charge in [-0.25, -0.2) is 9.59 Å². The summed E-state index contributed by atoms with van der Waals surface area (Å²) >= 11 is 1.87. The van der Waals surface area contributed by atoms with E-state index < -0.39 is 58.2 Å². The molecule has 3 aliphatic carbocycles. The monoisotopic (exact) mass is 1420 g/mol. The number of urea groups is 1. The van der Waals surface area contributed by atoms with E-state index in [1.807, 2.05) is 80.2 Å². The second-order valence-corrected chi connectivity index (χ2v) is 29.7. The lowest BCUT2D eigenvalue weighted by atomic mass is 9.49. The van der Waals surface area contributed by atoms with Crippen LogP contribution in [0, 0.1) is 23.2 Å². The zero-order valence-electron chi connectivity index (χ0n) is 61.1. The average molecular weight is 1420 g/mol. The van der Waals surface area contributed by atoms with Crippen LogP contribution in [0.2, 0.25) is 0 Å². The van der Waals surface area contributed by atoms with E-state index in [1.165, 1.54) is 64.1 Å². The highest BCUT2D eigenvalue weighted by Gasteiger charge is 2.73. The van der Waals surface area contributed by atoms with Gasteiger partial charge in [0.2, 0.25) is 11.8 Å². The molecule has 548 valence electrons. The van der Waals surface area contributed by atoms with E-state index in [0.29, 0.717) is 48.6 Å². The molecule has 7 N–H and O–H groups in total. The topological polar surface area (TPSA) is 272 Å². The largest absolute Gasteiger partial charge is 0.508 e. The first kappa shape index (κ1) is 78.0. The van der Waals surface area contributed by atoms with Gasteiger partial charge in [0.25, 0.3) is 0 Å². The molecule has 2 saturated carbocycles. The molecule has 7 aliphatic rings. The maximum atomic E-state index is 12.7. The van der Waals surface area contributed by atoms with E-state index >= 15 is 0 Å². The zero-order chi connectivity index (χ0) is 74.7. The Kier molecular flexibility index (Phi) is 25.7. The van der Waals surface area contributed by atoms with Gasteiger partial charge >= 0.3 is 18.0 Å². The van der Waals surface area contributed by atoms with Crippen molar-refractivity contribution in [2.75, 3.05) is 66.4 Å². The number of nitrogens with one attached hydrogen (secondary N) is 2. The van der Waals surface area contributed by atoms with Gasteiger partial charge in [-0.3, -0.25) is 39.7 Å². The molecule has 9 atom stereocenters. The molecule has 4 fully saturated rings. The highest BCUT2D eigenvalue weighted by Crippen LogP contribution is 2.65. The van der Waals surface area contributed by atoms with Gasteiger partial charge in [0.1, 0.15) is 16.9 Å². The van der Waals surface area contributed by atoms with Gasteiger partial charge in [-0.15, -0.1) is 6.58 Å². The number of para-hydroxylation sites is 2. The molecule has 2 unspecified atom stereocenters. The number of Topliss-reactive ketones (excluding diaryl/α,β-unsaturated/α-hetero) is 1. The molecule has 6 aromatic carbocycles. The van der Waals surface area contributed by atoms with Crippen LogP contribution in [0.5, 0.6) is 23.0 Å². The number of aromatic carboxylic acids is 1. The number of ketones is 1. The summed E-state index contributed by atoms with van der Waals surface area (Å²) in [4.78, 5) is 84.3. The summed E-state index contributed by atoms with van der Waals surface area (Å²) in [5.41, 5.74) is 4.18. The van der Waals surface area contributed by atoms with E-state index in [1.54, 1.807) is 32.2 Å². The Morgan fingerprint density at radius 3 is 2.02 bits per heavy atom. The van der Waals surface area contributed by atoms with Crippen LogP contribution in [0.1, 0.15) is 137 Å². The second-order valence-electron chi connectivity index (χ2n) is 28.6. The van der Waals surface area contributed by atoms with Crippen LogP contribution in [0.4, 0.5) is 16.2 Å². The van der Waals surface area contributed by atoms with Crippen LogP contribution < -0.4 is 25.0 Å². The number of benzene rings is 6. The number of carbonyl (C=O) groups excluding carboxylic acids is 4. The number of amides is 4. The fraction of sp³-hybridized carbons (Fsp3) is 0.427. The molecule has 1 spiro atoms. The van der Waals surface area contributed by atoms with Crippen molar-refractivity contribution in [2.45, 2.75) is 150 Å². The van der Waals surface area contributed by atoms with Crippen molar-refractivity contribution >= 4 is 69.5 Å². The van der Waals surface area contributed by atoms with Crippen molar-refractivity contribution < 1.29 is 63.8 Å². The maximum absolute atomic E-state index is 12.7. The van der Waals surface area contributed by atoms with Crippen LogP contribution in [0.15, 0.2) is 168 Å². The number of aromatic nitrogens is 1. The Bertz CT molecular complexity index is 4120. The first-order valence-corrected chi connectivity index (χ1v) is 36.4. The van der Waals surface area contributed by atoms with Crippen LogP contribution in [-0.2, 0) is 31.0 Å². The molecule has 103 heavy (non-hydrogen) atoms. The number of carboxylic acids is 2. The number of piperidine rings is 1. The molecular formula is C82H101N7O13S. The lowest BCUT2D eigenvalue weighted by Crippen LogP contribution is -2.76. The Morgan fingerprint density at radius 2 is 1.46 bits per heavy atom. The van der Waals surface area contributed by atoms with Crippen LogP contribution in [0.25, 0.3) is 10.8 Å². The summed E-state index contributed by atoms with van der Waals surface area (Å²) in [6.07, 6.45) is 10.7. The lowest BCUT2D eigenvalue weighted by molar-refractivity contribution is -0.188. The van der Waals surface area contributed by atoms with Gasteiger partial charge in [-0.2, -0.15) is 0 Å². The number of barbiturate groups is 1. The summed E-state index contributed by atoms with van der Waals surface area (Å²) in [6, 6.07) is 43.0. The molecule has 20 nitrogen and oxygen atoms in total. The standard InChI is InChI=1S/C20H23NO4.C17H20N2S.C14H23NO.C14H14O3.C11H16N2O3.C6H5NO2/c22-13-4-3-12-9-15-20(24)6-5-14(23)18-19(20,16(12)17(13)25-18)7-8-21(15)10-11-1-2-11;1-13(18(2)3)12-19-14-8-4-6-10-16(14)20-17-11-7-5-9-15(17)19;1-5-14(11(2)10-15(3)4)12-7-6-8-13(16)9-12;1-9(14(15)16)10-3-4-12-8-13(17-2)6-5-11(12)7-10;1-4-6-11(7(3)5-2)8(14)12-10(16)13-9(11)15;8-6(9)5-2-1-3-7-4-5/h3-4,11,15,18,22,24H,1-2,5-10H2;4-11,13H,12H2,1-3H3;6-9,11,14,16H,5,10H2,1-4H3;3-9H,1-2H3,(H,15,16);4,7H,1,5-6H2,2-3H3,(H2,12,13,14,15,16);1-4H,(H,8,9)/t15-,18+,19+,20-;;11-,14+;9-;;/m1.00../s1. The van der Waals surface area contributed by atoms with Gasteiger partial charge in [-0.1, -0.05) is 119 Å². The predicted molar refractivity (Wildman–Crippen MR) is 402 cm³/mol. The minimum atomic E-state index is -1.20. The number of likely N-dealkylation sites (tertiary alicyclic amines) is 1. The number of nitrogens with zero attached hydrogens (tertiary/aromatic N) is 5. The quantitative estimate of drug-likeness (QED) is 0.0311. The number of phenols is 2. The first-order chi connectivity index (χ1) is 49.2. The number of aliphatic carboxylic acids is 1. The Morgan fingerprint density at radius 1 is 0.796 bits per heavy atom. The van der Waals surface area contributed by atoms with Crippen molar-refractivity contribution in [1.29, 1.82) is 0 Å². The second kappa shape index (κ2) is 34.0. The molecule has 14 rings (SSSR count).